The highest BCUT2D eigenvalue weighted by Crippen LogP contribution is 2.45. The maximum atomic E-state index is 8.85. The molecule has 4 nitrogen and oxygen atoms in total. The molecule has 0 unspecified atom stereocenters. The Bertz CT molecular complexity index is 3890. The van der Waals surface area contributed by atoms with Crippen molar-refractivity contribution in [1.82, 2.24) is 14.5 Å². The van der Waals surface area contributed by atoms with E-state index in [1.807, 2.05) is 60.7 Å². The molecular weight excluding hydrogens is 611 g/mol. The monoisotopic (exact) mass is 652 g/mol. The number of fused-ring (bicyclic) bond motifs is 6. The number of rotatable bonds is 4. The van der Waals surface area contributed by atoms with Gasteiger partial charge in [-0.1, -0.05) is 121 Å². The van der Waals surface area contributed by atoms with Crippen LogP contribution in [0.15, 0.2) is 168 Å². The van der Waals surface area contributed by atoms with Gasteiger partial charge in [0, 0.05) is 33.0 Å². The average molecular weight is 653 g/mol. The van der Waals surface area contributed by atoms with Crippen molar-refractivity contribution in [3.8, 4) is 39.5 Å². The van der Waals surface area contributed by atoms with E-state index in [4.69, 9.17) is 30.0 Å². The van der Waals surface area contributed by atoms with Crippen molar-refractivity contribution >= 4 is 65.4 Å². The second kappa shape index (κ2) is 10.4. The summed E-state index contributed by atoms with van der Waals surface area (Å²) in [4.78, 5) is 9.26. The Labute approximate surface area is 307 Å². The van der Waals surface area contributed by atoms with Crippen LogP contribution in [-0.4, -0.2) is 14.5 Å². The molecule has 0 radical (unpaired) electrons. The molecule has 4 heteroatoms. The Morgan fingerprint density at radius 3 is 1.80 bits per heavy atom. The molecule has 0 fully saturated rings. The van der Waals surface area contributed by atoms with E-state index in [9.17, 15) is 0 Å². The van der Waals surface area contributed by atoms with Gasteiger partial charge in [0.25, 0.3) is 0 Å². The molecule has 0 spiro atoms. The molecule has 3 aromatic heterocycles. The van der Waals surface area contributed by atoms with E-state index >= 15 is 0 Å². The summed E-state index contributed by atoms with van der Waals surface area (Å²) in [5.41, 5.74) is 2.30. The minimum atomic E-state index is -0.634. The van der Waals surface area contributed by atoms with Crippen LogP contribution >= 0.6 is 0 Å². The lowest BCUT2D eigenvalue weighted by Crippen LogP contribution is -1.93. The SMILES string of the molecule is [2H]c1c([2H])c([2H])c(-c2nc(-c3c([2H])c([2H])c([2H])c([2H])c3[2H])c3oc4ccc(-c5ccc6c(c5)c5cccc7c5c5c6cccc5n7-c5c([2H])c([2H])c([2H])c([2H])c5[2H])cc4c3n2)c([2H])c1[2H]. The summed E-state index contributed by atoms with van der Waals surface area (Å²) in [5, 5.41) is 5.68. The van der Waals surface area contributed by atoms with Crippen LogP contribution in [0.4, 0.5) is 0 Å². The molecular formula is C46H27N3O. The summed E-state index contributed by atoms with van der Waals surface area (Å²) in [5.74, 6) is -0.341. The van der Waals surface area contributed by atoms with Gasteiger partial charge >= 0.3 is 0 Å². The van der Waals surface area contributed by atoms with Crippen molar-refractivity contribution in [2.75, 3.05) is 0 Å². The molecule has 11 aromatic rings. The van der Waals surface area contributed by atoms with Gasteiger partial charge in [-0.3, -0.25) is 0 Å². The number of furan rings is 1. The first-order chi connectivity index (χ1) is 31.0. The van der Waals surface area contributed by atoms with Crippen molar-refractivity contribution < 1.29 is 25.0 Å². The van der Waals surface area contributed by atoms with Crippen LogP contribution < -0.4 is 0 Å². The fourth-order valence-corrected chi connectivity index (χ4v) is 7.17. The maximum absolute atomic E-state index is 8.85. The van der Waals surface area contributed by atoms with Crippen LogP contribution in [-0.2, 0) is 0 Å². The zero-order valence-electron chi connectivity index (χ0n) is 40.7. The van der Waals surface area contributed by atoms with E-state index in [-0.39, 0.29) is 57.1 Å². The fraction of sp³-hybridized carbons (Fsp3) is 0. The van der Waals surface area contributed by atoms with Gasteiger partial charge in [0.15, 0.2) is 11.4 Å². The summed E-state index contributed by atoms with van der Waals surface area (Å²) >= 11 is 0. The molecule has 8 aromatic carbocycles. The minimum absolute atomic E-state index is 0.0471. The van der Waals surface area contributed by atoms with Crippen LogP contribution in [0.5, 0.6) is 0 Å². The fourth-order valence-electron chi connectivity index (χ4n) is 7.17. The molecule has 232 valence electrons. The molecule has 0 atom stereocenters. The van der Waals surface area contributed by atoms with Crippen molar-refractivity contribution in [3.05, 3.63) is 163 Å². The molecule has 0 amide bonds. The number of para-hydroxylation sites is 1. The van der Waals surface area contributed by atoms with Crippen LogP contribution in [0, 0.1) is 0 Å². The zero-order chi connectivity index (χ0) is 45.8. The Balaban J connectivity index is 1.17. The van der Waals surface area contributed by atoms with Crippen molar-refractivity contribution in [3.63, 3.8) is 0 Å². The average Bonchev–Trinajstić information content (AvgIpc) is 3.86. The highest BCUT2D eigenvalue weighted by Gasteiger charge is 2.21. The summed E-state index contributed by atoms with van der Waals surface area (Å²) in [6.07, 6.45) is 0. The molecule has 50 heavy (non-hydrogen) atoms. The number of aromatic nitrogens is 3. The predicted molar refractivity (Wildman–Crippen MR) is 206 cm³/mol. The Hall–Kier alpha value is -6.78. The normalized spacial score (nSPS) is 16.2. The zero-order valence-corrected chi connectivity index (χ0v) is 25.7. The van der Waals surface area contributed by atoms with E-state index in [1.165, 1.54) is 0 Å². The third-order valence-corrected chi connectivity index (χ3v) is 9.23. The van der Waals surface area contributed by atoms with Crippen LogP contribution in [0.25, 0.3) is 105 Å². The van der Waals surface area contributed by atoms with E-state index in [2.05, 4.69) is 4.98 Å². The molecule has 11 rings (SSSR count). The molecule has 0 saturated heterocycles. The molecule has 0 saturated carbocycles. The third-order valence-electron chi connectivity index (χ3n) is 9.23. The standard InChI is InChI=1S/C46H27N3O/c1-4-12-28(13-5-1)43-45-44(48-46(47-43)29-14-6-2-7-15-29)37-27-31(23-25-40(37)50-45)30-22-24-33-34-18-10-20-38-41(34)42-35(36(33)26-30)19-11-21-39(42)49(38)32-16-8-3-9-17-32/h1-27H/i1D,2D,3D,4D,5D,6D,7D,8D,9D,12D,13D,14D,15D,16D,17D. The molecule has 0 bridgehead atoms. The topological polar surface area (TPSA) is 43.9 Å². The van der Waals surface area contributed by atoms with E-state index < -0.39 is 78.6 Å². The Morgan fingerprint density at radius 2 is 1.10 bits per heavy atom. The van der Waals surface area contributed by atoms with Crippen molar-refractivity contribution in [1.29, 1.82) is 0 Å². The largest absolute Gasteiger partial charge is 0.452 e. The molecule has 0 aliphatic heterocycles. The first kappa shape index (κ1) is 16.6. The van der Waals surface area contributed by atoms with Crippen LogP contribution in [0.1, 0.15) is 20.6 Å². The summed E-state index contributed by atoms with van der Waals surface area (Å²) < 4.78 is 136. The number of benzene rings is 8. The first-order valence-electron chi connectivity index (χ1n) is 23.2. The van der Waals surface area contributed by atoms with E-state index in [1.54, 1.807) is 16.7 Å². The van der Waals surface area contributed by atoms with E-state index in [0.717, 1.165) is 37.9 Å². The highest BCUT2D eigenvalue weighted by molar-refractivity contribution is 6.34. The molecule has 0 aliphatic carbocycles. The second-order valence-corrected chi connectivity index (χ2v) is 11.9. The van der Waals surface area contributed by atoms with Crippen LogP contribution in [0.3, 0.4) is 0 Å². The van der Waals surface area contributed by atoms with Crippen molar-refractivity contribution in [2.45, 2.75) is 0 Å². The lowest BCUT2D eigenvalue weighted by atomic mass is 9.92. The molecule has 0 aliphatic rings. The molecule has 0 N–H and O–H groups in total. The number of nitrogens with zero attached hydrogens (tertiary/aromatic N) is 3. The predicted octanol–water partition coefficient (Wildman–Crippen LogP) is 12.2. The van der Waals surface area contributed by atoms with Crippen LogP contribution in [0.2, 0.25) is 0 Å². The van der Waals surface area contributed by atoms with Gasteiger partial charge in [0.2, 0.25) is 0 Å². The smallest absolute Gasteiger partial charge is 0.180 e. The lowest BCUT2D eigenvalue weighted by molar-refractivity contribution is 0.667. The number of hydrogen-bond acceptors (Lipinski definition) is 3. The molecule has 3 heterocycles. The second-order valence-electron chi connectivity index (χ2n) is 11.9. The first-order valence-corrected chi connectivity index (χ1v) is 15.7. The minimum Gasteiger partial charge on any atom is -0.452 e. The lowest BCUT2D eigenvalue weighted by Gasteiger charge is -2.11. The van der Waals surface area contributed by atoms with Crippen molar-refractivity contribution in [2.24, 2.45) is 0 Å². The van der Waals surface area contributed by atoms with Gasteiger partial charge in [0.1, 0.15) is 16.8 Å². The van der Waals surface area contributed by atoms with Gasteiger partial charge in [-0.2, -0.15) is 0 Å². The Morgan fingerprint density at radius 1 is 0.500 bits per heavy atom. The Kier molecular flexibility index (Phi) is 3.43. The highest BCUT2D eigenvalue weighted by atomic mass is 16.3. The van der Waals surface area contributed by atoms with Gasteiger partial charge in [-0.25, -0.2) is 9.97 Å². The number of hydrogen-bond donors (Lipinski definition) is 0. The maximum Gasteiger partial charge on any atom is 0.180 e. The van der Waals surface area contributed by atoms with E-state index in [0.29, 0.717) is 22.0 Å². The van der Waals surface area contributed by atoms with Gasteiger partial charge in [-0.05, 0) is 75.1 Å². The van der Waals surface area contributed by atoms with Gasteiger partial charge in [-0.15, -0.1) is 0 Å². The quantitative estimate of drug-likeness (QED) is 0.178. The third kappa shape index (κ3) is 3.87. The summed E-state index contributed by atoms with van der Waals surface area (Å²) in [7, 11) is 0. The summed E-state index contributed by atoms with van der Waals surface area (Å²) in [6, 6.07) is 14.6. The van der Waals surface area contributed by atoms with Gasteiger partial charge < -0.3 is 8.98 Å². The summed E-state index contributed by atoms with van der Waals surface area (Å²) in [6.45, 7) is 0. The van der Waals surface area contributed by atoms with Gasteiger partial charge in [0.05, 0.1) is 31.6 Å².